The van der Waals surface area contributed by atoms with Crippen LogP contribution in [0.4, 0.5) is 24.9 Å². The van der Waals surface area contributed by atoms with Crippen LogP contribution in [0.25, 0.3) is 11.3 Å². The Balaban J connectivity index is 1.86. The molecule has 0 spiro atoms. The van der Waals surface area contributed by atoms with Gasteiger partial charge in [-0.15, -0.1) is 10.2 Å². The summed E-state index contributed by atoms with van der Waals surface area (Å²) in [7, 11) is 3.66. The van der Waals surface area contributed by atoms with Crippen LogP contribution in [0.2, 0.25) is 0 Å². The molecule has 2 heterocycles. The average Bonchev–Trinajstić information content (AvgIpc) is 2.61. The van der Waals surface area contributed by atoms with Crippen molar-refractivity contribution in [3.63, 3.8) is 0 Å². The number of hydrogen-bond donors (Lipinski definition) is 3. The minimum Gasteiger partial charge on any atom is -0.507 e. The van der Waals surface area contributed by atoms with Gasteiger partial charge in [0.25, 0.3) is 0 Å². The SMILES string of the molecule is CNc1nc(N[C@@H]2CCCN(C)C2)nnc1-c1ccc(C(F)(F)F)cc1O. The summed E-state index contributed by atoms with van der Waals surface area (Å²) >= 11 is 0. The highest BCUT2D eigenvalue weighted by molar-refractivity contribution is 5.76. The number of hydrogen-bond acceptors (Lipinski definition) is 7. The molecular formula is C17H21F3N6O. The fourth-order valence-corrected chi connectivity index (χ4v) is 3.12. The van der Waals surface area contributed by atoms with Gasteiger partial charge >= 0.3 is 6.18 Å². The maximum Gasteiger partial charge on any atom is 0.416 e. The molecular weight excluding hydrogens is 361 g/mol. The molecule has 1 atom stereocenters. The summed E-state index contributed by atoms with van der Waals surface area (Å²) < 4.78 is 38.3. The Labute approximate surface area is 154 Å². The van der Waals surface area contributed by atoms with Gasteiger partial charge in [-0.1, -0.05) is 0 Å². The number of alkyl halides is 3. The lowest BCUT2D eigenvalue weighted by molar-refractivity contribution is -0.137. The molecule has 7 nitrogen and oxygen atoms in total. The Hall–Kier alpha value is -2.62. The van der Waals surface area contributed by atoms with Crippen molar-refractivity contribution in [2.75, 3.05) is 37.8 Å². The number of nitrogens with zero attached hydrogens (tertiary/aromatic N) is 4. The maximum absolute atomic E-state index is 12.8. The third-order valence-corrected chi connectivity index (χ3v) is 4.46. The first-order valence-electron chi connectivity index (χ1n) is 8.56. The van der Waals surface area contributed by atoms with Crippen molar-refractivity contribution in [2.24, 2.45) is 0 Å². The van der Waals surface area contributed by atoms with Crippen molar-refractivity contribution < 1.29 is 18.3 Å². The van der Waals surface area contributed by atoms with Crippen molar-refractivity contribution >= 4 is 11.8 Å². The van der Waals surface area contributed by atoms with Crippen LogP contribution in [-0.4, -0.2) is 58.4 Å². The molecule has 0 bridgehead atoms. The molecule has 3 N–H and O–H groups in total. The standard InChI is InChI=1S/C17H21F3N6O/c1-21-15-14(12-6-5-10(8-13(12)27)17(18,19)20)24-25-16(23-15)22-11-4-3-7-26(2)9-11/h5-6,8,11,27H,3-4,7,9H2,1-2H3,(H2,21,22,23,25)/t11-/m1/s1. The van der Waals surface area contributed by atoms with Crippen LogP contribution >= 0.6 is 0 Å². The Morgan fingerprint density at radius 3 is 2.67 bits per heavy atom. The number of phenolic OH excluding ortho intramolecular Hbond substituents is 1. The quantitative estimate of drug-likeness (QED) is 0.750. The largest absolute Gasteiger partial charge is 0.507 e. The number of piperidine rings is 1. The third kappa shape index (κ3) is 4.38. The number of nitrogens with one attached hydrogen (secondary N) is 2. The Morgan fingerprint density at radius 1 is 1.26 bits per heavy atom. The average molecular weight is 382 g/mol. The van der Waals surface area contributed by atoms with Crippen LogP contribution < -0.4 is 10.6 Å². The van der Waals surface area contributed by atoms with Gasteiger partial charge in [-0.05, 0) is 44.6 Å². The summed E-state index contributed by atoms with van der Waals surface area (Å²) in [5.41, 5.74) is -0.637. The van der Waals surface area contributed by atoms with E-state index in [2.05, 4.69) is 30.7 Å². The summed E-state index contributed by atoms with van der Waals surface area (Å²) in [5, 5.41) is 24.2. The van der Waals surface area contributed by atoms with Crippen molar-refractivity contribution in [1.82, 2.24) is 20.1 Å². The van der Waals surface area contributed by atoms with Gasteiger partial charge in [-0.25, -0.2) is 0 Å². The molecule has 0 amide bonds. The fourth-order valence-electron chi connectivity index (χ4n) is 3.12. The predicted octanol–water partition coefficient (Wildman–Crippen LogP) is 2.81. The molecule has 0 aliphatic carbocycles. The zero-order chi connectivity index (χ0) is 19.6. The Bertz CT molecular complexity index is 814. The highest BCUT2D eigenvalue weighted by Crippen LogP contribution is 2.37. The van der Waals surface area contributed by atoms with E-state index in [1.165, 1.54) is 0 Å². The van der Waals surface area contributed by atoms with Crippen LogP contribution in [0.15, 0.2) is 18.2 Å². The van der Waals surface area contributed by atoms with Gasteiger partial charge in [0.05, 0.1) is 5.56 Å². The lowest BCUT2D eigenvalue weighted by Gasteiger charge is -2.30. The van der Waals surface area contributed by atoms with Crippen LogP contribution in [0.1, 0.15) is 18.4 Å². The number of phenols is 1. The fraction of sp³-hybridized carbons (Fsp3) is 0.471. The molecule has 0 unspecified atom stereocenters. The molecule has 1 saturated heterocycles. The molecule has 1 aromatic carbocycles. The molecule has 1 fully saturated rings. The number of likely N-dealkylation sites (N-methyl/N-ethyl adjacent to an activating group) is 1. The zero-order valence-corrected chi connectivity index (χ0v) is 15.0. The number of halogens is 3. The predicted molar refractivity (Wildman–Crippen MR) is 95.6 cm³/mol. The number of benzene rings is 1. The van der Waals surface area contributed by atoms with Gasteiger partial charge in [0.2, 0.25) is 5.95 Å². The minimum absolute atomic E-state index is 0.122. The molecule has 146 valence electrons. The molecule has 27 heavy (non-hydrogen) atoms. The van der Waals surface area contributed by atoms with E-state index >= 15 is 0 Å². The molecule has 10 heteroatoms. The van der Waals surface area contributed by atoms with Crippen LogP contribution in [0.5, 0.6) is 5.75 Å². The molecule has 1 aromatic heterocycles. The van der Waals surface area contributed by atoms with E-state index in [0.29, 0.717) is 17.8 Å². The number of aromatic nitrogens is 3. The van der Waals surface area contributed by atoms with Crippen LogP contribution in [-0.2, 0) is 6.18 Å². The summed E-state index contributed by atoms with van der Waals surface area (Å²) in [4.78, 5) is 6.56. The summed E-state index contributed by atoms with van der Waals surface area (Å²) in [6.07, 6.45) is -2.48. The second-order valence-electron chi connectivity index (χ2n) is 6.56. The van der Waals surface area contributed by atoms with E-state index in [0.717, 1.165) is 38.1 Å². The maximum atomic E-state index is 12.8. The monoisotopic (exact) mass is 382 g/mol. The topological polar surface area (TPSA) is 86.2 Å². The Morgan fingerprint density at radius 2 is 2.04 bits per heavy atom. The van der Waals surface area contributed by atoms with Crippen molar-refractivity contribution in [3.05, 3.63) is 23.8 Å². The molecule has 1 aliphatic heterocycles. The first-order chi connectivity index (χ1) is 12.8. The second-order valence-corrected chi connectivity index (χ2v) is 6.56. The zero-order valence-electron chi connectivity index (χ0n) is 15.0. The van der Waals surface area contributed by atoms with Crippen molar-refractivity contribution in [1.29, 1.82) is 0 Å². The number of likely N-dealkylation sites (tertiary alicyclic amines) is 1. The first kappa shape index (κ1) is 19.2. The van der Waals surface area contributed by atoms with Crippen LogP contribution in [0, 0.1) is 0 Å². The van der Waals surface area contributed by atoms with Crippen molar-refractivity contribution in [2.45, 2.75) is 25.1 Å². The number of rotatable bonds is 4. The van der Waals surface area contributed by atoms with E-state index in [1.54, 1.807) is 7.05 Å². The lowest BCUT2D eigenvalue weighted by atomic mass is 10.1. The summed E-state index contributed by atoms with van der Waals surface area (Å²) in [6, 6.07) is 2.91. The normalized spacial score (nSPS) is 18.3. The van der Waals surface area contributed by atoms with Gasteiger partial charge in [-0.2, -0.15) is 18.2 Å². The van der Waals surface area contributed by atoms with E-state index in [4.69, 9.17) is 0 Å². The minimum atomic E-state index is -4.54. The van der Waals surface area contributed by atoms with E-state index in [-0.39, 0.29) is 17.3 Å². The highest BCUT2D eigenvalue weighted by atomic mass is 19.4. The summed E-state index contributed by atoms with van der Waals surface area (Å²) in [6.45, 7) is 1.91. The molecule has 2 aromatic rings. The molecule has 3 rings (SSSR count). The van der Waals surface area contributed by atoms with E-state index in [1.807, 2.05) is 7.05 Å². The van der Waals surface area contributed by atoms with Gasteiger partial charge in [0.1, 0.15) is 11.4 Å². The lowest BCUT2D eigenvalue weighted by Crippen LogP contribution is -2.40. The number of aromatic hydroxyl groups is 1. The third-order valence-electron chi connectivity index (χ3n) is 4.46. The van der Waals surface area contributed by atoms with Crippen molar-refractivity contribution in [3.8, 4) is 17.0 Å². The van der Waals surface area contributed by atoms with E-state index < -0.39 is 17.5 Å². The smallest absolute Gasteiger partial charge is 0.416 e. The van der Waals surface area contributed by atoms with Gasteiger partial charge < -0.3 is 20.6 Å². The molecule has 1 aliphatic rings. The van der Waals surface area contributed by atoms with Gasteiger partial charge in [-0.3, -0.25) is 0 Å². The van der Waals surface area contributed by atoms with Gasteiger partial charge in [0.15, 0.2) is 5.82 Å². The molecule has 0 saturated carbocycles. The highest BCUT2D eigenvalue weighted by Gasteiger charge is 2.31. The first-order valence-corrected chi connectivity index (χ1v) is 8.56. The number of anilines is 2. The van der Waals surface area contributed by atoms with E-state index in [9.17, 15) is 18.3 Å². The van der Waals surface area contributed by atoms with Crippen LogP contribution in [0.3, 0.4) is 0 Å². The second kappa shape index (κ2) is 7.55. The van der Waals surface area contributed by atoms with Gasteiger partial charge in [0, 0.05) is 25.2 Å². The molecule has 0 radical (unpaired) electrons. The summed E-state index contributed by atoms with van der Waals surface area (Å²) in [5.74, 6) is 0.105. The Kier molecular flexibility index (Phi) is 5.36.